The van der Waals surface area contributed by atoms with Crippen LogP contribution in [-0.4, -0.2) is 32.1 Å². The molecule has 0 bridgehead atoms. The molecule has 1 N–H and O–H groups in total. The second kappa shape index (κ2) is 8.43. The number of carbonyl (C=O) groups excluding carboxylic acids is 1. The first-order valence-corrected chi connectivity index (χ1v) is 9.62. The minimum absolute atomic E-state index is 0.0938. The molecule has 0 aliphatic heterocycles. The topological polar surface area (TPSA) is 116 Å². The Kier molecular flexibility index (Phi) is 6.29. The first-order chi connectivity index (χ1) is 12.3. The van der Waals surface area contributed by atoms with Gasteiger partial charge in [-0.15, -0.1) is 0 Å². The highest BCUT2D eigenvalue weighted by atomic mass is 32.2. The van der Waals surface area contributed by atoms with Crippen molar-refractivity contribution in [2.45, 2.75) is 17.7 Å². The van der Waals surface area contributed by atoms with Crippen molar-refractivity contribution in [1.82, 2.24) is 0 Å². The third-order valence-corrected chi connectivity index (χ3v) is 4.54. The van der Waals surface area contributed by atoms with E-state index in [1.807, 2.05) is 0 Å². The molecule has 0 aliphatic carbocycles. The Labute approximate surface area is 150 Å². The average Bonchev–Trinajstić information content (AvgIpc) is 2.58. The van der Waals surface area contributed by atoms with Crippen LogP contribution < -0.4 is 10.1 Å². The van der Waals surface area contributed by atoms with Crippen LogP contribution in [0.4, 0.5) is 11.4 Å². The number of hydrogen-bond donors (Lipinski definition) is 1. The predicted molar refractivity (Wildman–Crippen MR) is 96.0 cm³/mol. The molecule has 8 nitrogen and oxygen atoms in total. The summed E-state index contributed by atoms with van der Waals surface area (Å²) < 4.78 is 28.2. The van der Waals surface area contributed by atoms with E-state index in [-0.39, 0.29) is 29.5 Å². The molecule has 0 saturated heterocycles. The maximum Gasteiger partial charge on any atom is 0.271 e. The van der Waals surface area contributed by atoms with Gasteiger partial charge in [0.2, 0.25) is 5.91 Å². The molecule has 26 heavy (non-hydrogen) atoms. The van der Waals surface area contributed by atoms with Gasteiger partial charge < -0.3 is 10.1 Å². The fraction of sp³-hybridized carbons (Fsp3) is 0.235. The third-order valence-electron chi connectivity index (χ3n) is 3.41. The maximum absolute atomic E-state index is 11.9. The highest BCUT2D eigenvalue weighted by molar-refractivity contribution is 7.90. The van der Waals surface area contributed by atoms with Crippen molar-refractivity contribution >= 4 is 27.1 Å². The maximum atomic E-state index is 11.9. The van der Waals surface area contributed by atoms with Gasteiger partial charge in [-0.3, -0.25) is 14.9 Å². The zero-order valence-corrected chi connectivity index (χ0v) is 14.9. The van der Waals surface area contributed by atoms with Gasteiger partial charge in [-0.25, -0.2) is 8.42 Å². The zero-order chi connectivity index (χ0) is 19.2. The number of amides is 1. The Morgan fingerprint density at radius 2 is 1.88 bits per heavy atom. The molecule has 0 atom stereocenters. The number of nitrogens with one attached hydrogen (secondary N) is 1. The molecule has 9 heteroatoms. The van der Waals surface area contributed by atoms with Crippen LogP contribution in [0.15, 0.2) is 53.4 Å². The highest BCUT2D eigenvalue weighted by Crippen LogP contribution is 2.18. The predicted octanol–water partition coefficient (Wildman–Crippen LogP) is 2.80. The fourth-order valence-corrected chi connectivity index (χ4v) is 2.76. The van der Waals surface area contributed by atoms with Crippen LogP contribution in [0.1, 0.15) is 12.8 Å². The number of nitro benzene ring substituents is 1. The summed E-state index contributed by atoms with van der Waals surface area (Å²) in [5.41, 5.74) is 0.269. The van der Waals surface area contributed by atoms with Crippen molar-refractivity contribution in [2.75, 3.05) is 18.2 Å². The normalized spacial score (nSPS) is 11.0. The number of benzene rings is 2. The zero-order valence-electron chi connectivity index (χ0n) is 14.0. The Balaban J connectivity index is 1.76. The average molecular weight is 378 g/mol. The summed E-state index contributed by atoms with van der Waals surface area (Å²) in [5, 5.41) is 13.3. The van der Waals surface area contributed by atoms with Gasteiger partial charge in [0.25, 0.3) is 5.69 Å². The molecule has 0 spiro atoms. The van der Waals surface area contributed by atoms with Gasteiger partial charge in [0.1, 0.15) is 5.75 Å². The van der Waals surface area contributed by atoms with Crippen molar-refractivity contribution in [1.29, 1.82) is 0 Å². The Morgan fingerprint density at radius 1 is 1.19 bits per heavy atom. The van der Waals surface area contributed by atoms with Crippen LogP contribution in [0.2, 0.25) is 0 Å². The van der Waals surface area contributed by atoms with Crippen LogP contribution in [0.25, 0.3) is 0 Å². The lowest BCUT2D eigenvalue weighted by Gasteiger charge is -2.08. The quantitative estimate of drug-likeness (QED) is 0.429. The summed E-state index contributed by atoms with van der Waals surface area (Å²) in [7, 11) is -3.24. The van der Waals surface area contributed by atoms with Crippen molar-refractivity contribution in [3.8, 4) is 5.75 Å². The van der Waals surface area contributed by atoms with Crippen molar-refractivity contribution in [2.24, 2.45) is 0 Å². The minimum Gasteiger partial charge on any atom is -0.494 e. The molecular formula is C17H18N2O6S. The van der Waals surface area contributed by atoms with E-state index in [1.54, 1.807) is 18.2 Å². The summed E-state index contributed by atoms with van der Waals surface area (Å²) in [4.78, 5) is 22.2. The number of carbonyl (C=O) groups is 1. The second-order valence-electron chi connectivity index (χ2n) is 5.55. The van der Waals surface area contributed by atoms with E-state index in [9.17, 15) is 23.3 Å². The van der Waals surface area contributed by atoms with Crippen LogP contribution in [0.5, 0.6) is 5.75 Å². The smallest absolute Gasteiger partial charge is 0.271 e. The fourth-order valence-electron chi connectivity index (χ4n) is 2.13. The van der Waals surface area contributed by atoms with Crippen molar-refractivity contribution < 1.29 is 22.9 Å². The van der Waals surface area contributed by atoms with E-state index in [0.717, 1.165) is 6.26 Å². The van der Waals surface area contributed by atoms with Gasteiger partial charge in [0.05, 0.1) is 16.4 Å². The summed E-state index contributed by atoms with van der Waals surface area (Å²) >= 11 is 0. The molecule has 0 radical (unpaired) electrons. The Morgan fingerprint density at radius 3 is 2.50 bits per heavy atom. The Hall–Kier alpha value is -2.94. The molecule has 0 fully saturated rings. The molecule has 2 aromatic rings. The molecule has 2 aromatic carbocycles. The number of sulfone groups is 1. The molecule has 0 aromatic heterocycles. The summed E-state index contributed by atoms with van der Waals surface area (Å²) in [6.45, 7) is 0.278. The number of hydrogen-bond acceptors (Lipinski definition) is 6. The molecule has 0 aliphatic rings. The van der Waals surface area contributed by atoms with E-state index in [1.165, 1.54) is 30.3 Å². The standard InChI is InChI=1S/C17H18N2O6S/c1-26(23,24)16-9-7-15(8-10-16)25-11-3-6-17(20)18-13-4-2-5-14(12-13)19(21)22/h2,4-5,7-10,12H,3,6,11H2,1H3,(H,18,20). The lowest BCUT2D eigenvalue weighted by atomic mass is 10.2. The van der Waals surface area contributed by atoms with Gasteiger partial charge in [-0.05, 0) is 36.8 Å². The number of nitro groups is 1. The summed E-state index contributed by atoms with van der Waals surface area (Å²) in [6, 6.07) is 11.7. The van der Waals surface area contributed by atoms with Crippen LogP contribution in [0, 0.1) is 10.1 Å². The van der Waals surface area contributed by atoms with E-state index in [0.29, 0.717) is 17.9 Å². The summed E-state index contributed by atoms with van der Waals surface area (Å²) in [6.07, 6.45) is 1.75. The first-order valence-electron chi connectivity index (χ1n) is 7.73. The highest BCUT2D eigenvalue weighted by Gasteiger charge is 2.09. The van der Waals surface area contributed by atoms with Gasteiger partial charge in [0.15, 0.2) is 9.84 Å². The summed E-state index contributed by atoms with van der Waals surface area (Å²) in [5.74, 6) is 0.234. The monoisotopic (exact) mass is 378 g/mol. The van der Waals surface area contributed by atoms with E-state index < -0.39 is 14.8 Å². The molecule has 2 rings (SSSR count). The molecule has 0 unspecified atom stereocenters. The minimum atomic E-state index is -3.24. The van der Waals surface area contributed by atoms with Gasteiger partial charge in [-0.1, -0.05) is 6.07 Å². The number of ether oxygens (including phenoxy) is 1. The van der Waals surface area contributed by atoms with Crippen LogP contribution in [0.3, 0.4) is 0 Å². The van der Waals surface area contributed by atoms with Crippen LogP contribution in [-0.2, 0) is 14.6 Å². The van der Waals surface area contributed by atoms with E-state index in [4.69, 9.17) is 4.74 Å². The molecular weight excluding hydrogens is 360 g/mol. The molecule has 138 valence electrons. The molecule has 0 heterocycles. The molecule has 1 amide bonds. The van der Waals surface area contributed by atoms with E-state index in [2.05, 4.69) is 5.32 Å². The lowest BCUT2D eigenvalue weighted by molar-refractivity contribution is -0.384. The number of rotatable bonds is 8. The number of nitrogens with zero attached hydrogens (tertiary/aromatic N) is 1. The third kappa shape index (κ3) is 5.85. The largest absolute Gasteiger partial charge is 0.494 e. The van der Waals surface area contributed by atoms with E-state index >= 15 is 0 Å². The van der Waals surface area contributed by atoms with Gasteiger partial charge in [-0.2, -0.15) is 0 Å². The second-order valence-corrected chi connectivity index (χ2v) is 7.57. The van der Waals surface area contributed by atoms with Crippen molar-refractivity contribution in [3.63, 3.8) is 0 Å². The number of non-ortho nitro benzene ring substituents is 1. The van der Waals surface area contributed by atoms with Crippen molar-refractivity contribution in [3.05, 3.63) is 58.6 Å². The SMILES string of the molecule is CS(=O)(=O)c1ccc(OCCCC(=O)Nc2cccc([N+](=O)[O-])c2)cc1. The first kappa shape index (κ1) is 19.4. The Bertz CT molecular complexity index is 894. The van der Waals surface area contributed by atoms with Gasteiger partial charge in [0, 0.05) is 30.5 Å². The van der Waals surface area contributed by atoms with Crippen LogP contribution >= 0.6 is 0 Å². The van der Waals surface area contributed by atoms with Gasteiger partial charge >= 0.3 is 0 Å². The lowest BCUT2D eigenvalue weighted by Crippen LogP contribution is -2.13. The molecule has 0 saturated carbocycles. The number of anilines is 1.